The fourth-order valence-corrected chi connectivity index (χ4v) is 4.35. The maximum atomic E-state index is 12.4. The van der Waals surface area contributed by atoms with Crippen molar-refractivity contribution in [3.8, 4) is 5.75 Å². The van der Waals surface area contributed by atoms with Gasteiger partial charge in [-0.3, -0.25) is 0 Å². The topological polar surface area (TPSA) is 92.7 Å². The summed E-state index contributed by atoms with van der Waals surface area (Å²) < 4.78 is 67.3. The highest BCUT2D eigenvalue weighted by atomic mass is 32.2. The van der Waals surface area contributed by atoms with Crippen LogP contribution in [-0.2, 0) is 16.4 Å². The van der Waals surface area contributed by atoms with Crippen LogP contribution in [0.3, 0.4) is 0 Å². The number of rotatable bonds is 9. The minimum atomic E-state index is -4.76. The lowest BCUT2D eigenvalue weighted by Gasteiger charge is -2.10. The van der Waals surface area contributed by atoms with Gasteiger partial charge in [0.25, 0.3) is 0 Å². The number of halogens is 3. The summed E-state index contributed by atoms with van der Waals surface area (Å²) in [5, 5.41) is 9.22. The van der Waals surface area contributed by atoms with E-state index in [1.807, 2.05) is 0 Å². The van der Waals surface area contributed by atoms with Crippen molar-refractivity contribution in [3.63, 3.8) is 0 Å². The van der Waals surface area contributed by atoms with Crippen molar-refractivity contribution in [1.82, 2.24) is 4.72 Å². The van der Waals surface area contributed by atoms with Gasteiger partial charge in [-0.25, -0.2) is 17.9 Å². The minimum Gasteiger partial charge on any atom is -0.478 e. The van der Waals surface area contributed by atoms with Crippen molar-refractivity contribution in [2.75, 3.05) is 12.3 Å². The van der Waals surface area contributed by atoms with Crippen LogP contribution in [-0.4, -0.2) is 38.2 Å². The van der Waals surface area contributed by atoms with Gasteiger partial charge in [-0.1, -0.05) is 13.0 Å². The molecule has 0 amide bonds. The molecule has 0 saturated carbocycles. The Hall–Kier alpha value is -2.24. The lowest BCUT2D eigenvalue weighted by Crippen LogP contribution is -2.26. The van der Waals surface area contributed by atoms with Crippen molar-refractivity contribution >= 4 is 27.8 Å². The van der Waals surface area contributed by atoms with Crippen LogP contribution in [0.1, 0.15) is 22.8 Å². The van der Waals surface area contributed by atoms with E-state index in [1.165, 1.54) is 48.2 Å². The molecule has 2 aromatic carbocycles. The Balaban J connectivity index is 1.93. The third-order valence-corrected chi connectivity index (χ3v) is 6.20. The number of alkyl halides is 3. The van der Waals surface area contributed by atoms with E-state index in [1.54, 1.807) is 6.92 Å². The standard InChI is InChI=1S/C18H18F3NO5S2/c1-2-12-3-8-15(11-16(12)17(23)24)29(25,26)22-9-10-28-14-6-4-13(5-7-14)27-18(19,20)21/h3-8,11,22H,2,9-10H2,1H3,(H,23,24). The summed E-state index contributed by atoms with van der Waals surface area (Å²) in [5.41, 5.74) is 0.468. The lowest BCUT2D eigenvalue weighted by molar-refractivity contribution is -0.274. The molecule has 0 aliphatic rings. The van der Waals surface area contributed by atoms with Crippen molar-refractivity contribution in [2.24, 2.45) is 0 Å². The molecule has 0 fully saturated rings. The van der Waals surface area contributed by atoms with Gasteiger partial charge < -0.3 is 9.84 Å². The second-order valence-corrected chi connectivity index (χ2v) is 8.68. The van der Waals surface area contributed by atoms with E-state index in [0.29, 0.717) is 22.6 Å². The van der Waals surface area contributed by atoms with E-state index in [-0.39, 0.29) is 22.8 Å². The Morgan fingerprint density at radius 2 is 1.83 bits per heavy atom. The number of aromatic carboxylic acids is 1. The first-order chi connectivity index (χ1) is 13.5. The number of hydrogen-bond acceptors (Lipinski definition) is 5. The molecular weight excluding hydrogens is 431 g/mol. The van der Waals surface area contributed by atoms with E-state index in [0.717, 1.165) is 6.07 Å². The summed E-state index contributed by atoms with van der Waals surface area (Å²) in [6.07, 6.45) is -4.30. The third kappa shape index (κ3) is 6.94. The normalized spacial score (nSPS) is 12.0. The largest absolute Gasteiger partial charge is 0.573 e. The number of carboxylic acids is 1. The summed E-state index contributed by atoms with van der Waals surface area (Å²) in [7, 11) is -3.89. The van der Waals surface area contributed by atoms with Gasteiger partial charge in [0.15, 0.2) is 0 Å². The predicted octanol–water partition coefficient (Wildman–Crippen LogP) is 3.92. The van der Waals surface area contributed by atoms with Crippen molar-refractivity contribution < 1.29 is 36.2 Å². The average molecular weight is 449 g/mol. The molecule has 0 spiro atoms. The first-order valence-electron chi connectivity index (χ1n) is 8.36. The molecule has 29 heavy (non-hydrogen) atoms. The molecule has 0 atom stereocenters. The number of aryl methyl sites for hydroxylation is 1. The quantitative estimate of drug-likeness (QED) is 0.445. The molecule has 0 aliphatic heterocycles. The molecule has 2 aromatic rings. The molecular formula is C18H18F3NO5S2. The predicted molar refractivity (Wildman–Crippen MR) is 102 cm³/mol. The number of sulfonamides is 1. The molecule has 2 rings (SSSR count). The van der Waals surface area contributed by atoms with Crippen molar-refractivity contribution in [1.29, 1.82) is 0 Å². The van der Waals surface area contributed by atoms with Gasteiger partial charge >= 0.3 is 12.3 Å². The molecule has 0 aromatic heterocycles. The highest BCUT2D eigenvalue weighted by molar-refractivity contribution is 7.99. The smallest absolute Gasteiger partial charge is 0.478 e. The number of carbonyl (C=O) groups is 1. The van der Waals surface area contributed by atoms with Gasteiger partial charge in [0, 0.05) is 17.2 Å². The second-order valence-electron chi connectivity index (χ2n) is 5.74. The van der Waals surface area contributed by atoms with Gasteiger partial charge in [0.05, 0.1) is 10.5 Å². The van der Waals surface area contributed by atoms with Gasteiger partial charge in [-0.05, 0) is 48.4 Å². The Morgan fingerprint density at radius 3 is 2.38 bits per heavy atom. The zero-order valence-corrected chi connectivity index (χ0v) is 16.8. The maximum absolute atomic E-state index is 12.4. The summed E-state index contributed by atoms with van der Waals surface area (Å²) in [6.45, 7) is 1.82. The summed E-state index contributed by atoms with van der Waals surface area (Å²) in [5.74, 6) is -1.22. The molecule has 0 saturated heterocycles. The fourth-order valence-electron chi connectivity index (χ4n) is 2.40. The summed E-state index contributed by atoms with van der Waals surface area (Å²) >= 11 is 1.24. The number of ether oxygens (including phenoxy) is 1. The molecule has 11 heteroatoms. The van der Waals surface area contributed by atoms with E-state index in [9.17, 15) is 31.5 Å². The van der Waals surface area contributed by atoms with Crippen LogP contribution >= 0.6 is 11.8 Å². The summed E-state index contributed by atoms with van der Waals surface area (Å²) in [4.78, 5) is 11.8. The van der Waals surface area contributed by atoms with Gasteiger partial charge in [-0.2, -0.15) is 0 Å². The SMILES string of the molecule is CCc1ccc(S(=O)(=O)NCCSc2ccc(OC(F)(F)F)cc2)cc1C(=O)O. The molecule has 0 aliphatic carbocycles. The molecule has 2 N–H and O–H groups in total. The van der Waals surface area contributed by atoms with Gasteiger partial charge in [0.2, 0.25) is 10.0 Å². The van der Waals surface area contributed by atoms with Crippen LogP contribution in [0.5, 0.6) is 5.75 Å². The average Bonchev–Trinajstić information content (AvgIpc) is 2.64. The van der Waals surface area contributed by atoms with E-state index in [4.69, 9.17) is 0 Å². The minimum absolute atomic E-state index is 0.0474. The molecule has 158 valence electrons. The number of hydrogen-bond donors (Lipinski definition) is 2. The number of nitrogens with one attached hydrogen (secondary N) is 1. The molecule has 0 bridgehead atoms. The van der Waals surface area contributed by atoms with Crippen LogP contribution in [0.25, 0.3) is 0 Å². The maximum Gasteiger partial charge on any atom is 0.573 e. The van der Waals surface area contributed by atoms with Crippen LogP contribution < -0.4 is 9.46 Å². The molecule has 0 heterocycles. The van der Waals surface area contributed by atoms with Crippen LogP contribution in [0.4, 0.5) is 13.2 Å². The first-order valence-corrected chi connectivity index (χ1v) is 10.8. The monoisotopic (exact) mass is 449 g/mol. The molecule has 0 unspecified atom stereocenters. The second kappa shape index (κ2) is 9.51. The Morgan fingerprint density at radius 1 is 1.17 bits per heavy atom. The number of thioether (sulfide) groups is 1. The van der Waals surface area contributed by atoms with E-state index in [2.05, 4.69) is 9.46 Å². The van der Waals surface area contributed by atoms with Gasteiger partial charge in [0.1, 0.15) is 5.75 Å². The summed E-state index contributed by atoms with van der Waals surface area (Å²) in [6, 6.07) is 9.14. The Bertz CT molecular complexity index is 960. The lowest BCUT2D eigenvalue weighted by atomic mass is 10.1. The number of carboxylic acid groups (broad SMARTS) is 1. The van der Waals surface area contributed by atoms with Crippen molar-refractivity contribution in [2.45, 2.75) is 29.5 Å². The highest BCUT2D eigenvalue weighted by Crippen LogP contribution is 2.26. The van der Waals surface area contributed by atoms with E-state index < -0.39 is 22.4 Å². The Labute approximate surface area is 170 Å². The zero-order chi connectivity index (χ0) is 21.7. The van der Waals surface area contributed by atoms with Crippen LogP contribution in [0, 0.1) is 0 Å². The van der Waals surface area contributed by atoms with Gasteiger partial charge in [-0.15, -0.1) is 24.9 Å². The van der Waals surface area contributed by atoms with E-state index >= 15 is 0 Å². The number of benzene rings is 2. The fraction of sp³-hybridized carbons (Fsp3) is 0.278. The highest BCUT2D eigenvalue weighted by Gasteiger charge is 2.30. The van der Waals surface area contributed by atoms with Crippen LogP contribution in [0.2, 0.25) is 0 Å². The third-order valence-electron chi connectivity index (χ3n) is 3.72. The Kier molecular flexibility index (Phi) is 7.55. The zero-order valence-electron chi connectivity index (χ0n) is 15.2. The van der Waals surface area contributed by atoms with Crippen molar-refractivity contribution in [3.05, 3.63) is 53.6 Å². The molecule has 0 radical (unpaired) electrons. The molecule has 6 nitrogen and oxygen atoms in total. The first kappa shape index (κ1) is 23.0. The van der Waals surface area contributed by atoms with Crippen LogP contribution in [0.15, 0.2) is 52.3 Å².